The number of anilines is 1. The summed E-state index contributed by atoms with van der Waals surface area (Å²) in [5, 5.41) is 0. The van der Waals surface area contributed by atoms with Crippen LogP contribution in [-0.4, -0.2) is 12.6 Å². The zero-order chi connectivity index (χ0) is 14.4. The van der Waals surface area contributed by atoms with Crippen molar-refractivity contribution in [3.05, 3.63) is 58.6 Å². The number of hydrogen-bond donors (Lipinski definition) is 1. The molecule has 0 aliphatic heterocycles. The number of carbonyl (C=O) groups excluding carboxylic acids is 1. The quantitative estimate of drug-likeness (QED) is 0.673. The molecule has 5 heteroatoms. The van der Waals surface area contributed by atoms with Gasteiger partial charge in [-0.2, -0.15) is 0 Å². The summed E-state index contributed by atoms with van der Waals surface area (Å²) in [6, 6.07) is 14.6. The molecule has 0 radical (unpaired) electrons. The highest BCUT2D eigenvalue weighted by atomic mass is 79.9. The smallest absolute Gasteiger partial charge is 0.344 e. The Hall–Kier alpha value is -2.01. The van der Waals surface area contributed by atoms with E-state index in [-0.39, 0.29) is 13.2 Å². The standard InChI is InChI=1S/C15H14BrNO3/c16-12-6-2-1-5-11(12)9-20-15(18)10-19-14-8-4-3-7-13(14)17/h1-8H,9-10,17H2. The van der Waals surface area contributed by atoms with E-state index < -0.39 is 5.97 Å². The average Bonchev–Trinajstić information content (AvgIpc) is 2.45. The molecular weight excluding hydrogens is 322 g/mol. The van der Waals surface area contributed by atoms with Gasteiger partial charge in [0, 0.05) is 10.0 Å². The summed E-state index contributed by atoms with van der Waals surface area (Å²) in [6.07, 6.45) is 0. The van der Waals surface area contributed by atoms with E-state index in [9.17, 15) is 4.79 Å². The van der Waals surface area contributed by atoms with Gasteiger partial charge in [-0.1, -0.05) is 46.3 Å². The van der Waals surface area contributed by atoms with E-state index in [4.69, 9.17) is 15.2 Å². The Morgan fingerprint density at radius 3 is 2.55 bits per heavy atom. The minimum Gasteiger partial charge on any atom is -0.480 e. The van der Waals surface area contributed by atoms with E-state index >= 15 is 0 Å². The third-order valence-corrected chi connectivity index (χ3v) is 3.38. The van der Waals surface area contributed by atoms with Crippen molar-refractivity contribution >= 4 is 27.6 Å². The van der Waals surface area contributed by atoms with Crippen molar-refractivity contribution in [1.29, 1.82) is 0 Å². The Labute approximate surface area is 125 Å². The molecule has 0 aliphatic rings. The fourth-order valence-corrected chi connectivity index (χ4v) is 1.96. The largest absolute Gasteiger partial charge is 0.480 e. The highest BCUT2D eigenvalue weighted by molar-refractivity contribution is 9.10. The second-order valence-corrected chi connectivity index (χ2v) is 4.93. The van der Waals surface area contributed by atoms with Crippen molar-refractivity contribution in [3.63, 3.8) is 0 Å². The maximum Gasteiger partial charge on any atom is 0.344 e. The molecule has 0 amide bonds. The molecule has 0 saturated carbocycles. The molecule has 0 spiro atoms. The van der Waals surface area contributed by atoms with Gasteiger partial charge in [0.2, 0.25) is 0 Å². The molecule has 0 unspecified atom stereocenters. The zero-order valence-corrected chi connectivity index (χ0v) is 12.3. The van der Waals surface area contributed by atoms with Crippen molar-refractivity contribution in [2.24, 2.45) is 0 Å². The van der Waals surface area contributed by atoms with Gasteiger partial charge in [0.1, 0.15) is 12.4 Å². The fraction of sp³-hybridized carbons (Fsp3) is 0.133. The van der Waals surface area contributed by atoms with Crippen LogP contribution in [0, 0.1) is 0 Å². The molecule has 0 atom stereocenters. The van der Waals surface area contributed by atoms with E-state index in [0.717, 1.165) is 10.0 Å². The first kappa shape index (κ1) is 14.4. The number of halogens is 1. The van der Waals surface area contributed by atoms with Gasteiger partial charge < -0.3 is 15.2 Å². The summed E-state index contributed by atoms with van der Waals surface area (Å²) in [6.45, 7) is 0.0343. The third kappa shape index (κ3) is 3.99. The maximum absolute atomic E-state index is 11.6. The topological polar surface area (TPSA) is 61.5 Å². The number of para-hydroxylation sites is 2. The van der Waals surface area contributed by atoms with E-state index in [2.05, 4.69) is 15.9 Å². The van der Waals surface area contributed by atoms with Gasteiger partial charge in [0.15, 0.2) is 6.61 Å². The van der Waals surface area contributed by atoms with Crippen LogP contribution in [0.2, 0.25) is 0 Å². The number of esters is 1. The number of nitrogens with two attached hydrogens (primary N) is 1. The molecule has 4 nitrogen and oxygen atoms in total. The van der Waals surface area contributed by atoms with E-state index in [1.165, 1.54) is 0 Å². The lowest BCUT2D eigenvalue weighted by Crippen LogP contribution is -2.15. The van der Waals surface area contributed by atoms with Crippen LogP contribution in [0.1, 0.15) is 5.56 Å². The fourth-order valence-electron chi connectivity index (χ4n) is 1.56. The number of carbonyl (C=O) groups is 1. The van der Waals surface area contributed by atoms with Crippen LogP contribution >= 0.6 is 15.9 Å². The normalized spacial score (nSPS) is 10.1. The highest BCUT2D eigenvalue weighted by Crippen LogP contribution is 2.20. The predicted octanol–water partition coefficient (Wildman–Crippen LogP) is 3.15. The number of ether oxygens (including phenoxy) is 2. The van der Waals surface area contributed by atoms with Crippen LogP contribution in [0.3, 0.4) is 0 Å². The highest BCUT2D eigenvalue weighted by Gasteiger charge is 2.07. The Morgan fingerprint density at radius 2 is 1.80 bits per heavy atom. The van der Waals surface area contributed by atoms with Gasteiger partial charge >= 0.3 is 5.97 Å². The molecule has 0 bridgehead atoms. The Balaban J connectivity index is 1.82. The van der Waals surface area contributed by atoms with Crippen molar-refractivity contribution < 1.29 is 14.3 Å². The summed E-state index contributed by atoms with van der Waals surface area (Å²) in [4.78, 5) is 11.6. The van der Waals surface area contributed by atoms with Gasteiger partial charge in [-0.15, -0.1) is 0 Å². The average molecular weight is 336 g/mol. The Kier molecular flexibility index (Phi) is 5.01. The van der Waals surface area contributed by atoms with Crippen LogP contribution < -0.4 is 10.5 Å². The third-order valence-electron chi connectivity index (χ3n) is 2.61. The summed E-state index contributed by atoms with van der Waals surface area (Å²) in [5.74, 6) is 0.0364. The molecule has 20 heavy (non-hydrogen) atoms. The monoisotopic (exact) mass is 335 g/mol. The van der Waals surface area contributed by atoms with Crippen molar-refractivity contribution in [1.82, 2.24) is 0 Å². The van der Waals surface area contributed by atoms with Crippen LogP contribution in [0.5, 0.6) is 5.75 Å². The van der Waals surface area contributed by atoms with E-state index in [0.29, 0.717) is 11.4 Å². The lowest BCUT2D eigenvalue weighted by atomic mass is 10.2. The lowest BCUT2D eigenvalue weighted by molar-refractivity contribution is -0.147. The van der Waals surface area contributed by atoms with Gasteiger partial charge in [0.05, 0.1) is 5.69 Å². The molecule has 0 heterocycles. The zero-order valence-electron chi connectivity index (χ0n) is 10.7. The van der Waals surface area contributed by atoms with Gasteiger partial charge in [-0.3, -0.25) is 0 Å². The number of hydrogen-bond acceptors (Lipinski definition) is 4. The molecule has 0 saturated heterocycles. The maximum atomic E-state index is 11.6. The Morgan fingerprint density at radius 1 is 1.10 bits per heavy atom. The lowest BCUT2D eigenvalue weighted by Gasteiger charge is -2.09. The molecule has 2 N–H and O–H groups in total. The molecule has 0 fully saturated rings. The van der Waals surface area contributed by atoms with Crippen LogP contribution in [0.4, 0.5) is 5.69 Å². The van der Waals surface area contributed by atoms with Crippen molar-refractivity contribution in [3.8, 4) is 5.75 Å². The molecule has 2 aromatic rings. The van der Waals surface area contributed by atoms with Crippen molar-refractivity contribution in [2.45, 2.75) is 6.61 Å². The molecule has 0 aliphatic carbocycles. The van der Waals surface area contributed by atoms with Gasteiger partial charge in [-0.05, 0) is 18.2 Å². The number of rotatable bonds is 5. The Bertz CT molecular complexity index is 550. The molecular formula is C15H14BrNO3. The summed E-state index contributed by atoms with van der Waals surface area (Å²) < 4.78 is 11.3. The summed E-state index contributed by atoms with van der Waals surface area (Å²) in [7, 11) is 0. The van der Waals surface area contributed by atoms with Crippen LogP contribution in [0.15, 0.2) is 53.0 Å². The number of nitrogen functional groups attached to an aromatic ring is 1. The van der Waals surface area contributed by atoms with Crippen molar-refractivity contribution in [2.75, 3.05) is 12.3 Å². The molecule has 0 aromatic heterocycles. The van der Waals surface area contributed by atoms with Crippen LogP contribution in [0.25, 0.3) is 0 Å². The SMILES string of the molecule is Nc1ccccc1OCC(=O)OCc1ccccc1Br. The van der Waals surface area contributed by atoms with Gasteiger partial charge in [-0.25, -0.2) is 4.79 Å². The second kappa shape index (κ2) is 6.96. The minimum atomic E-state index is -0.441. The summed E-state index contributed by atoms with van der Waals surface area (Å²) in [5.41, 5.74) is 7.10. The molecule has 2 aromatic carbocycles. The summed E-state index contributed by atoms with van der Waals surface area (Å²) >= 11 is 3.39. The first-order chi connectivity index (χ1) is 9.66. The van der Waals surface area contributed by atoms with Crippen LogP contribution in [-0.2, 0) is 16.1 Å². The second-order valence-electron chi connectivity index (χ2n) is 4.08. The molecule has 104 valence electrons. The first-order valence-corrected chi connectivity index (χ1v) is 6.82. The van der Waals surface area contributed by atoms with E-state index in [1.807, 2.05) is 24.3 Å². The molecule has 2 rings (SSSR count). The first-order valence-electron chi connectivity index (χ1n) is 6.03. The minimum absolute atomic E-state index is 0.168. The number of benzene rings is 2. The van der Waals surface area contributed by atoms with E-state index in [1.54, 1.807) is 24.3 Å². The predicted molar refractivity (Wildman–Crippen MR) is 80.3 cm³/mol. The van der Waals surface area contributed by atoms with Gasteiger partial charge in [0.25, 0.3) is 0 Å².